The molecule has 2 aromatic rings. The molecule has 1 amide bonds. The lowest BCUT2D eigenvalue weighted by Crippen LogP contribution is -2.33. The molecule has 2 N–H and O–H groups in total. The number of pyridine rings is 1. The van der Waals surface area contributed by atoms with Gasteiger partial charge in [-0.05, 0) is 37.1 Å². The van der Waals surface area contributed by atoms with Gasteiger partial charge in [0, 0.05) is 17.8 Å². The third kappa shape index (κ3) is 3.83. The fraction of sp³-hybridized carbons (Fsp3) is 0.294. The van der Waals surface area contributed by atoms with Crippen molar-refractivity contribution in [3.8, 4) is 0 Å². The van der Waals surface area contributed by atoms with Crippen molar-refractivity contribution < 1.29 is 13.6 Å². The highest BCUT2D eigenvalue weighted by molar-refractivity contribution is 5.92. The summed E-state index contributed by atoms with van der Waals surface area (Å²) in [6, 6.07) is 7.07. The van der Waals surface area contributed by atoms with E-state index in [1.165, 1.54) is 12.3 Å². The molecule has 3 rings (SSSR count). The van der Waals surface area contributed by atoms with Crippen molar-refractivity contribution in [3.05, 3.63) is 53.9 Å². The van der Waals surface area contributed by atoms with Gasteiger partial charge in [0.15, 0.2) is 11.6 Å². The van der Waals surface area contributed by atoms with Gasteiger partial charge in [-0.2, -0.15) is 0 Å². The van der Waals surface area contributed by atoms with Crippen LogP contribution >= 0.6 is 0 Å². The van der Waals surface area contributed by atoms with Crippen molar-refractivity contribution in [1.29, 1.82) is 0 Å². The maximum Gasteiger partial charge on any atom is 0.270 e. The molecule has 1 saturated carbocycles. The fourth-order valence-electron chi connectivity index (χ4n) is 2.67. The number of nitrogens with one attached hydrogen (secondary N) is 2. The van der Waals surface area contributed by atoms with Crippen LogP contribution in [0.3, 0.4) is 0 Å². The summed E-state index contributed by atoms with van der Waals surface area (Å²) in [7, 11) is 0. The van der Waals surface area contributed by atoms with E-state index in [4.69, 9.17) is 0 Å². The fourth-order valence-corrected chi connectivity index (χ4v) is 2.67. The first-order valence-electron chi connectivity index (χ1n) is 7.61. The van der Waals surface area contributed by atoms with Crippen LogP contribution in [-0.2, 0) is 0 Å². The van der Waals surface area contributed by atoms with Gasteiger partial charge in [0.2, 0.25) is 0 Å². The Hall–Kier alpha value is -2.50. The smallest absolute Gasteiger partial charge is 0.270 e. The molecule has 1 aromatic heterocycles. The minimum absolute atomic E-state index is 0.184. The highest BCUT2D eigenvalue weighted by atomic mass is 19.2. The van der Waals surface area contributed by atoms with Crippen molar-refractivity contribution in [3.63, 3.8) is 0 Å². The molecule has 0 spiro atoms. The molecule has 6 heteroatoms. The van der Waals surface area contributed by atoms with Gasteiger partial charge in [-0.1, -0.05) is 12.8 Å². The molecule has 1 aromatic carbocycles. The predicted octanol–water partition coefficient (Wildman–Crippen LogP) is 3.78. The second-order valence-corrected chi connectivity index (χ2v) is 5.64. The Bertz CT molecular complexity index is 697. The maximum absolute atomic E-state index is 13.2. The van der Waals surface area contributed by atoms with Crippen molar-refractivity contribution in [2.24, 2.45) is 0 Å². The molecular formula is C17H17F2N3O. The number of nitrogens with zero attached hydrogens (tertiary/aromatic N) is 1. The van der Waals surface area contributed by atoms with Gasteiger partial charge < -0.3 is 10.6 Å². The van der Waals surface area contributed by atoms with Crippen LogP contribution in [-0.4, -0.2) is 16.9 Å². The number of rotatable bonds is 4. The zero-order valence-corrected chi connectivity index (χ0v) is 12.5. The molecule has 0 saturated heterocycles. The number of anilines is 2. The molecule has 1 fully saturated rings. The van der Waals surface area contributed by atoms with E-state index in [0.29, 0.717) is 17.1 Å². The standard InChI is InChI=1S/C17H17F2N3O/c18-14-7-5-12(9-15(14)19)21-13-6-8-16(20-10-13)17(23)22-11-3-1-2-4-11/h5-11,21H,1-4H2,(H,22,23). The van der Waals surface area contributed by atoms with E-state index in [2.05, 4.69) is 15.6 Å². The first kappa shape index (κ1) is 15.4. The van der Waals surface area contributed by atoms with Crippen molar-refractivity contribution in [2.75, 3.05) is 5.32 Å². The number of benzene rings is 1. The van der Waals surface area contributed by atoms with E-state index in [9.17, 15) is 13.6 Å². The Labute approximate surface area is 132 Å². The summed E-state index contributed by atoms with van der Waals surface area (Å²) in [6.45, 7) is 0. The highest BCUT2D eigenvalue weighted by Gasteiger charge is 2.18. The van der Waals surface area contributed by atoms with Crippen LogP contribution in [0.25, 0.3) is 0 Å². The Morgan fingerprint density at radius 2 is 1.78 bits per heavy atom. The quantitative estimate of drug-likeness (QED) is 0.902. The van der Waals surface area contributed by atoms with Crippen LogP contribution in [0.2, 0.25) is 0 Å². The molecule has 1 heterocycles. The number of aromatic nitrogens is 1. The number of hydrogen-bond donors (Lipinski definition) is 2. The summed E-state index contributed by atoms with van der Waals surface area (Å²) in [5.74, 6) is -2.00. The zero-order chi connectivity index (χ0) is 16.2. The SMILES string of the molecule is O=C(NC1CCCC1)c1ccc(Nc2ccc(F)c(F)c2)cn1. The van der Waals surface area contributed by atoms with Crippen molar-refractivity contribution in [1.82, 2.24) is 10.3 Å². The molecular weight excluding hydrogens is 300 g/mol. The maximum atomic E-state index is 13.2. The van der Waals surface area contributed by atoms with Gasteiger partial charge in [-0.25, -0.2) is 13.8 Å². The summed E-state index contributed by atoms with van der Waals surface area (Å²) in [4.78, 5) is 16.2. The Balaban J connectivity index is 1.64. The Kier molecular flexibility index (Phi) is 4.50. The number of halogens is 2. The van der Waals surface area contributed by atoms with Gasteiger partial charge in [-0.3, -0.25) is 4.79 Å². The Morgan fingerprint density at radius 3 is 2.43 bits per heavy atom. The summed E-state index contributed by atoms with van der Waals surface area (Å²) < 4.78 is 26.0. The van der Waals surface area contributed by atoms with Crippen LogP contribution in [0.15, 0.2) is 36.5 Å². The van der Waals surface area contributed by atoms with Crippen LogP contribution in [0.1, 0.15) is 36.2 Å². The average Bonchev–Trinajstić information content (AvgIpc) is 3.04. The third-order valence-electron chi connectivity index (χ3n) is 3.89. The van der Waals surface area contributed by atoms with E-state index in [-0.39, 0.29) is 11.9 Å². The van der Waals surface area contributed by atoms with Gasteiger partial charge in [0.25, 0.3) is 5.91 Å². The average molecular weight is 317 g/mol. The summed E-state index contributed by atoms with van der Waals surface area (Å²) in [5, 5.41) is 5.88. The highest BCUT2D eigenvalue weighted by Crippen LogP contribution is 2.20. The lowest BCUT2D eigenvalue weighted by Gasteiger charge is -2.12. The molecule has 0 radical (unpaired) electrons. The number of amides is 1. The van der Waals surface area contributed by atoms with Crippen molar-refractivity contribution in [2.45, 2.75) is 31.7 Å². The number of carbonyl (C=O) groups is 1. The minimum Gasteiger partial charge on any atom is -0.354 e. The van der Waals surface area contributed by atoms with Crippen LogP contribution < -0.4 is 10.6 Å². The van der Waals surface area contributed by atoms with E-state index < -0.39 is 11.6 Å². The van der Waals surface area contributed by atoms with Gasteiger partial charge >= 0.3 is 0 Å². The van der Waals surface area contributed by atoms with Crippen LogP contribution in [0.5, 0.6) is 0 Å². The van der Waals surface area contributed by atoms with Crippen LogP contribution in [0, 0.1) is 11.6 Å². The molecule has 23 heavy (non-hydrogen) atoms. The monoisotopic (exact) mass is 317 g/mol. The third-order valence-corrected chi connectivity index (χ3v) is 3.89. The molecule has 120 valence electrons. The van der Waals surface area contributed by atoms with E-state index in [0.717, 1.165) is 37.8 Å². The molecule has 0 bridgehead atoms. The van der Waals surface area contributed by atoms with E-state index >= 15 is 0 Å². The second kappa shape index (κ2) is 6.73. The largest absolute Gasteiger partial charge is 0.354 e. The lowest BCUT2D eigenvalue weighted by molar-refractivity contribution is 0.0933. The second-order valence-electron chi connectivity index (χ2n) is 5.64. The Morgan fingerprint density at radius 1 is 1.04 bits per heavy atom. The lowest BCUT2D eigenvalue weighted by atomic mass is 10.2. The molecule has 4 nitrogen and oxygen atoms in total. The number of hydrogen-bond acceptors (Lipinski definition) is 3. The van der Waals surface area contributed by atoms with Gasteiger partial charge in [-0.15, -0.1) is 0 Å². The zero-order valence-electron chi connectivity index (χ0n) is 12.5. The number of carbonyl (C=O) groups excluding carboxylic acids is 1. The molecule has 0 aliphatic heterocycles. The predicted molar refractivity (Wildman–Crippen MR) is 83.6 cm³/mol. The van der Waals surface area contributed by atoms with Gasteiger partial charge in [0.05, 0.1) is 11.9 Å². The minimum atomic E-state index is -0.921. The first-order chi connectivity index (χ1) is 11.1. The van der Waals surface area contributed by atoms with Crippen LogP contribution in [0.4, 0.5) is 20.2 Å². The first-order valence-corrected chi connectivity index (χ1v) is 7.61. The summed E-state index contributed by atoms with van der Waals surface area (Å²) in [6.07, 6.45) is 5.82. The summed E-state index contributed by atoms with van der Waals surface area (Å²) in [5.41, 5.74) is 1.34. The topological polar surface area (TPSA) is 54.0 Å². The molecule has 0 unspecified atom stereocenters. The normalized spacial score (nSPS) is 14.7. The van der Waals surface area contributed by atoms with Crippen molar-refractivity contribution >= 4 is 17.3 Å². The summed E-state index contributed by atoms with van der Waals surface area (Å²) >= 11 is 0. The van der Waals surface area contributed by atoms with E-state index in [1.54, 1.807) is 12.1 Å². The molecule has 1 aliphatic carbocycles. The molecule has 1 aliphatic rings. The van der Waals surface area contributed by atoms with Gasteiger partial charge in [0.1, 0.15) is 5.69 Å². The van der Waals surface area contributed by atoms with E-state index in [1.807, 2.05) is 0 Å². The molecule has 0 atom stereocenters.